The van der Waals surface area contributed by atoms with Crippen LogP contribution in [0.15, 0.2) is 236 Å². The molecule has 0 saturated heterocycles. The van der Waals surface area contributed by atoms with E-state index in [1.165, 1.54) is 122 Å². The molecule has 0 aromatic heterocycles. The van der Waals surface area contributed by atoms with Crippen molar-refractivity contribution in [1.29, 1.82) is 0 Å². The molecule has 0 amide bonds. The van der Waals surface area contributed by atoms with Gasteiger partial charge in [-0.25, -0.2) is 0 Å². The number of allylic oxidation sites excluding steroid dienone is 4. The molecule has 2 nitrogen and oxygen atoms in total. The maximum atomic E-state index is 2.64. The van der Waals surface area contributed by atoms with Crippen LogP contribution in [0.2, 0.25) is 0 Å². The van der Waals surface area contributed by atoms with Crippen molar-refractivity contribution in [2.24, 2.45) is 0 Å². The summed E-state index contributed by atoms with van der Waals surface area (Å²) >= 11 is 0. The summed E-state index contributed by atoms with van der Waals surface area (Å²) in [6, 6.07) is 84.0. The largest absolute Gasteiger partial charge is 0.309 e. The van der Waals surface area contributed by atoms with Gasteiger partial charge in [0.1, 0.15) is 0 Å². The van der Waals surface area contributed by atoms with Crippen LogP contribution in [0.4, 0.5) is 34.1 Å². The lowest BCUT2D eigenvalue weighted by molar-refractivity contribution is 0.607. The molecule has 16 rings (SSSR count). The molecule has 0 fully saturated rings. The van der Waals surface area contributed by atoms with Crippen LogP contribution < -0.4 is 9.80 Å². The first kappa shape index (κ1) is 48.9. The first-order valence-electron chi connectivity index (χ1n) is 29.6. The average molecular weight is 1060 g/mol. The Morgan fingerprint density at radius 2 is 0.707 bits per heavy atom. The number of fused-ring (bicyclic) bond motifs is 13. The number of anilines is 6. The first-order valence-corrected chi connectivity index (χ1v) is 29.6. The van der Waals surface area contributed by atoms with Crippen LogP contribution in [0.3, 0.4) is 0 Å². The monoisotopic (exact) mass is 1050 g/mol. The van der Waals surface area contributed by atoms with Gasteiger partial charge in [0.15, 0.2) is 0 Å². The molecule has 82 heavy (non-hydrogen) atoms. The zero-order chi connectivity index (χ0) is 55.6. The molecule has 5 aliphatic rings. The number of benzene rings is 11. The minimum atomic E-state index is -0.200. The molecular formula is C80H66N2. The predicted octanol–water partition coefficient (Wildman–Crippen LogP) is 21.9. The molecule has 0 heterocycles. The highest BCUT2D eigenvalue weighted by molar-refractivity contribution is 6.24. The second-order valence-corrected chi connectivity index (χ2v) is 25.9. The molecule has 0 N–H and O–H groups in total. The Bertz CT molecular complexity index is 4630. The van der Waals surface area contributed by atoms with E-state index in [4.69, 9.17) is 0 Å². The Morgan fingerprint density at radius 1 is 0.293 bits per heavy atom. The Balaban J connectivity index is 1.01. The Kier molecular flexibility index (Phi) is 10.3. The summed E-state index contributed by atoms with van der Waals surface area (Å²) in [4.78, 5) is 5.26. The van der Waals surface area contributed by atoms with E-state index in [1.54, 1.807) is 5.57 Å². The van der Waals surface area contributed by atoms with E-state index in [2.05, 4.69) is 296 Å². The summed E-state index contributed by atoms with van der Waals surface area (Å²) in [6.45, 7) is 19.3. The molecular weight excluding hydrogens is 989 g/mol. The lowest BCUT2D eigenvalue weighted by Crippen LogP contribution is -2.20. The molecule has 5 aliphatic carbocycles. The number of rotatable bonds is 7. The molecule has 0 radical (unpaired) electrons. The Hall–Kier alpha value is -8.98. The summed E-state index contributed by atoms with van der Waals surface area (Å²) in [7, 11) is 0. The predicted molar refractivity (Wildman–Crippen MR) is 347 cm³/mol. The van der Waals surface area contributed by atoms with Crippen molar-refractivity contribution in [1.82, 2.24) is 0 Å². The highest BCUT2D eigenvalue weighted by Gasteiger charge is 2.42. The van der Waals surface area contributed by atoms with Gasteiger partial charge in [-0.1, -0.05) is 237 Å². The Morgan fingerprint density at radius 3 is 1.28 bits per heavy atom. The van der Waals surface area contributed by atoms with Gasteiger partial charge in [-0.15, -0.1) is 0 Å². The fourth-order valence-corrected chi connectivity index (χ4v) is 15.9. The van der Waals surface area contributed by atoms with Gasteiger partial charge >= 0.3 is 0 Å². The van der Waals surface area contributed by atoms with E-state index in [0.29, 0.717) is 0 Å². The van der Waals surface area contributed by atoms with Crippen LogP contribution >= 0.6 is 0 Å². The van der Waals surface area contributed by atoms with Crippen LogP contribution in [-0.2, 0) is 21.7 Å². The summed E-state index contributed by atoms with van der Waals surface area (Å²) in [5, 5.41) is 4.74. The van der Waals surface area contributed by atoms with Crippen LogP contribution in [-0.4, -0.2) is 0 Å². The maximum Gasteiger partial charge on any atom is 0.0620 e. The van der Waals surface area contributed by atoms with Gasteiger partial charge in [-0.2, -0.15) is 0 Å². The van der Waals surface area contributed by atoms with E-state index in [9.17, 15) is 0 Å². The molecule has 0 atom stereocenters. The van der Waals surface area contributed by atoms with Gasteiger partial charge < -0.3 is 9.80 Å². The highest BCUT2D eigenvalue weighted by Crippen LogP contribution is 2.59. The molecule has 2 heteroatoms. The summed E-state index contributed by atoms with van der Waals surface area (Å²) in [5.74, 6) is 0. The third-order valence-electron chi connectivity index (χ3n) is 20.1. The second kappa shape index (κ2) is 17.3. The number of hydrogen-bond acceptors (Lipinski definition) is 2. The Labute approximate surface area is 483 Å². The summed E-state index contributed by atoms with van der Waals surface area (Å²) in [5.41, 5.74) is 30.4. The normalized spacial score (nSPS) is 16.5. The van der Waals surface area contributed by atoms with E-state index in [-0.39, 0.29) is 21.7 Å². The van der Waals surface area contributed by atoms with Gasteiger partial charge in [0, 0.05) is 66.0 Å². The van der Waals surface area contributed by atoms with E-state index < -0.39 is 0 Å². The topological polar surface area (TPSA) is 6.48 Å². The van der Waals surface area contributed by atoms with Gasteiger partial charge in [-0.05, 0) is 162 Å². The van der Waals surface area contributed by atoms with Crippen molar-refractivity contribution < 1.29 is 0 Å². The average Bonchev–Trinajstić information content (AvgIpc) is 1.84. The SMILES string of the molecule is CC1(C)C2=C(C=CCC2)c2ccc(N(c3ccc4c(c3)C(C)(C)c3ccccc3-4)c3c4ccccc4c(N(c4ccc5c(c4)-c4ccccc4C5(C)C)c4ccc5c(c4)C(C)(C)c4ccccc4-5)c4ccc(-c5ccccc5)cc34)cc21. The number of nitrogens with zero attached hydrogens (tertiary/aromatic N) is 2. The molecule has 11 aromatic rings. The third kappa shape index (κ3) is 6.76. The van der Waals surface area contributed by atoms with Gasteiger partial charge in [0.05, 0.1) is 11.4 Å². The first-order chi connectivity index (χ1) is 39.7. The molecule has 11 aromatic carbocycles. The van der Waals surface area contributed by atoms with Crippen molar-refractivity contribution >= 4 is 61.2 Å². The maximum absolute atomic E-state index is 2.64. The lowest BCUT2D eigenvalue weighted by atomic mass is 9.78. The van der Waals surface area contributed by atoms with E-state index in [1.807, 2.05) is 0 Å². The van der Waals surface area contributed by atoms with E-state index >= 15 is 0 Å². The van der Waals surface area contributed by atoms with Crippen molar-refractivity contribution in [3.05, 3.63) is 281 Å². The number of hydrogen-bond donors (Lipinski definition) is 0. The fraction of sp³-hybridized carbons (Fsp3) is 0.175. The second-order valence-electron chi connectivity index (χ2n) is 25.9. The lowest BCUT2D eigenvalue weighted by Gasteiger charge is -2.35. The van der Waals surface area contributed by atoms with Crippen molar-refractivity contribution in [3.8, 4) is 44.5 Å². The third-order valence-corrected chi connectivity index (χ3v) is 20.1. The molecule has 0 spiro atoms. The van der Waals surface area contributed by atoms with Crippen molar-refractivity contribution in [2.45, 2.75) is 89.9 Å². The summed E-state index contributed by atoms with van der Waals surface area (Å²) < 4.78 is 0. The minimum Gasteiger partial charge on any atom is -0.309 e. The van der Waals surface area contributed by atoms with Crippen LogP contribution in [0.1, 0.15) is 113 Å². The fourth-order valence-electron chi connectivity index (χ4n) is 15.9. The summed E-state index contributed by atoms with van der Waals surface area (Å²) in [6.07, 6.45) is 6.93. The van der Waals surface area contributed by atoms with Crippen LogP contribution in [0.5, 0.6) is 0 Å². The molecule has 396 valence electrons. The minimum absolute atomic E-state index is 0.120. The molecule has 0 unspecified atom stereocenters. The van der Waals surface area contributed by atoms with Gasteiger partial charge in [0.2, 0.25) is 0 Å². The van der Waals surface area contributed by atoms with Crippen molar-refractivity contribution in [2.75, 3.05) is 9.80 Å². The van der Waals surface area contributed by atoms with Gasteiger partial charge in [0.25, 0.3) is 0 Å². The standard InChI is InChI=1S/C80H66N2/c1-77(2)70-33-21-17-27-58(70)65-45-51(38-43-71(65)77)81(52-35-40-59-55-24-14-18-30-67(55)78(3,4)72(59)46-52)75-62-28-12-13-29-63(62)76(66-44-50(34-39-64(66)75)49-22-10-9-11-23-49)82(53-36-41-60-56-25-15-19-31-68(56)79(5,6)73(60)47-53)54-37-42-61-57-26-16-20-32-69(57)80(7,8)74(61)48-54/h9-19,21-31,33-48H,20,32H2,1-8H3. The van der Waals surface area contributed by atoms with E-state index in [0.717, 1.165) is 41.3 Å². The van der Waals surface area contributed by atoms with Crippen LogP contribution in [0, 0.1) is 0 Å². The van der Waals surface area contributed by atoms with Crippen molar-refractivity contribution in [3.63, 3.8) is 0 Å². The quantitative estimate of drug-likeness (QED) is 0.116. The molecule has 0 saturated carbocycles. The zero-order valence-corrected chi connectivity index (χ0v) is 48.2. The smallest absolute Gasteiger partial charge is 0.0620 e. The molecule has 0 aliphatic heterocycles. The molecule has 0 bridgehead atoms. The zero-order valence-electron chi connectivity index (χ0n) is 48.2. The highest BCUT2D eigenvalue weighted by atomic mass is 15.2. The van der Waals surface area contributed by atoms with Crippen LogP contribution in [0.25, 0.3) is 71.6 Å². The van der Waals surface area contributed by atoms with Gasteiger partial charge in [-0.3, -0.25) is 0 Å².